The van der Waals surface area contributed by atoms with Gasteiger partial charge in [0.25, 0.3) is 5.69 Å². The van der Waals surface area contributed by atoms with Gasteiger partial charge in [0.2, 0.25) is 23.1 Å². The van der Waals surface area contributed by atoms with Crippen molar-refractivity contribution < 1.29 is 43.3 Å². The van der Waals surface area contributed by atoms with Gasteiger partial charge >= 0.3 is 0 Å². The van der Waals surface area contributed by atoms with Gasteiger partial charge < -0.3 is 0 Å². The molecule has 0 bridgehead atoms. The number of hydrogen-bond acceptors (Lipinski definition) is 10. The minimum absolute atomic E-state index is 0.0323. The second kappa shape index (κ2) is 60.4. The van der Waals surface area contributed by atoms with Crippen molar-refractivity contribution in [2.75, 3.05) is 87.3 Å². The van der Waals surface area contributed by atoms with Crippen LogP contribution in [0.15, 0.2) is 132 Å². The number of aryl methyl sites for hydroxylation is 3. The molecule has 4 saturated heterocycles. The lowest BCUT2D eigenvalue weighted by atomic mass is 9.98. The summed E-state index contributed by atoms with van der Waals surface area (Å²) >= 11 is 0. The Morgan fingerprint density at radius 1 is 0.346 bits per heavy atom. The maximum absolute atomic E-state index is 12.5. The first-order valence-electron chi connectivity index (χ1n) is 51.2. The summed E-state index contributed by atoms with van der Waals surface area (Å²) in [5.74, 6) is 17.6. The van der Waals surface area contributed by atoms with Gasteiger partial charge in [-0.3, -0.25) is 48.5 Å². The molecule has 5 aromatic rings. The number of benzene rings is 5. The molecule has 5 aromatic carbocycles. The van der Waals surface area contributed by atoms with Crippen LogP contribution in [0.2, 0.25) is 0 Å². The highest BCUT2D eigenvalue weighted by Crippen LogP contribution is 2.41. The molecule has 7 atom stereocenters. The maximum Gasteiger partial charge on any atom is 0.269 e. The summed E-state index contributed by atoms with van der Waals surface area (Å²) in [5.41, 5.74) is 7.11. The third kappa shape index (κ3) is 36.9. The fourth-order valence-corrected chi connectivity index (χ4v) is 41.8. The van der Waals surface area contributed by atoms with Gasteiger partial charge in [-0.15, -0.1) is 0 Å². The van der Waals surface area contributed by atoms with E-state index in [9.17, 15) is 48.5 Å². The van der Waals surface area contributed by atoms with Crippen molar-refractivity contribution in [1.82, 2.24) is 0 Å². The van der Waals surface area contributed by atoms with Crippen LogP contribution in [0.25, 0.3) is 0 Å². The quantitative estimate of drug-likeness (QED) is 0.0224. The molecular weight excluding hydrogens is 1760 g/mol. The number of Topliss-reactive ketones (excluding diaryl/α,β-unsaturated/α-hetero) is 8. The van der Waals surface area contributed by atoms with Gasteiger partial charge in [-0.25, -0.2) is 0 Å². The third-order valence-electron chi connectivity index (χ3n) is 28.7. The number of hydrogen-bond donors (Lipinski definition) is 0. The minimum atomic E-state index is -0.451. The zero-order chi connectivity index (χ0) is 92.2. The molecule has 0 radical (unpaired) electrons. The number of carbonyl (C=O) groups is 8. The molecule has 714 valence electrons. The molecule has 8 aliphatic carbocycles. The lowest BCUT2D eigenvalue weighted by Crippen LogP contribution is -2.47. The second-order valence-corrected chi connectivity index (χ2v) is 58.0. The van der Waals surface area contributed by atoms with Crippen molar-refractivity contribution in [3.8, 4) is 0 Å². The maximum atomic E-state index is 12.5. The van der Waals surface area contributed by atoms with Gasteiger partial charge in [0.1, 0.15) is 79.0 Å². The molecule has 19 heteroatoms. The first kappa shape index (κ1) is 108. The Bertz CT molecular complexity index is 4070. The third-order valence-corrected chi connectivity index (χ3v) is 50.5. The summed E-state index contributed by atoms with van der Waals surface area (Å²) in [4.78, 5) is 107. The molecule has 4 aliphatic heterocycles. The fourth-order valence-electron chi connectivity index (χ4n) is 20.9. The summed E-state index contributed by atoms with van der Waals surface area (Å²) in [7, 11) is 2.74. The molecule has 7 unspecified atom stereocenters. The van der Waals surface area contributed by atoms with Gasteiger partial charge in [-0.05, 0) is 317 Å². The van der Waals surface area contributed by atoms with E-state index < -0.39 is 4.92 Å². The zero-order valence-corrected chi connectivity index (χ0v) is 87.3. The summed E-state index contributed by atoms with van der Waals surface area (Å²) in [5, 5.41) is 15.8. The monoisotopic (exact) mass is 1930 g/mol. The fraction of sp³-hybridized carbons (Fsp3) is 0.658. The molecule has 11 nitrogen and oxygen atoms in total. The highest BCUT2D eigenvalue weighted by atomic mass is 32.2. The number of unbranched alkanes of at least 4 members (excludes halogenated alkanes) is 1. The van der Waals surface area contributed by atoms with Crippen LogP contribution in [0, 0.1) is 24.0 Å². The number of nitrogens with zero attached hydrogens (tertiary/aromatic N) is 1. The van der Waals surface area contributed by atoms with Crippen molar-refractivity contribution in [1.29, 1.82) is 0 Å². The van der Waals surface area contributed by atoms with Crippen molar-refractivity contribution in [3.05, 3.63) is 176 Å². The molecule has 0 N–H and O–H groups in total. The molecule has 8 saturated carbocycles. The van der Waals surface area contributed by atoms with Gasteiger partial charge in [0.05, 0.1) is 11.2 Å². The smallest absolute Gasteiger partial charge is 0.269 e. The highest BCUT2D eigenvalue weighted by molar-refractivity contribution is 8.00. The normalized spacial score (nSPS) is 22.9. The van der Waals surface area contributed by atoms with Crippen molar-refractivity contribution in [2.45, 2.75) is 370 Å². The van der Waals surface area contributed by atoms with E-state index in [2.05, 4.69) is 62.8 Å². The lowest BCUT2D eigenvalue weighted by molar-refractivity contribution is -0.384. The van der Waals surface area contributed by atoms with E-state index in [-0.39, 0.29) is 33.3 Å². The van der Waals surface area contributed by atoms with Crippen molar-refractivity contribution in [2.24, 2.45) is 0 Å². The Hall–Kier alpha value is -4.34. The zero-order valence-electron chi connectivity index (χ0n) is 80.8. The largest absolute Gasteiger partial charge is 0.294 e. The Labute approximate surface area is 809 Å². The van der Waals surface area contributed by atoms with Crippen LogP contribution in [0.1, 0.15) is 361 Å². The molecular formula is C111H165NO10S8+8. The van der Waals surface area contributed by atoms with Gasteiger partial charge in [-0.2, -0.15) is 0 Å². The van der Waals surface area contributed by atoms with Crippen molar-refractivity contribution in [3.63, 3.8) is 0 Å². The standard InChI is InChI=1S/C18H31OS.C16H23OS.C14H25OS.3C13H17OS.C12H14NO3S.C12H21OS/c19-17-13-7-8-14-18(17)20(15-9-3-1-4-10-15)16-11-5-2-6-12-16;1-2-3-6-14-7-9-15(10-8-14)16(17)13-18-11-4-5-12-18;1-2-16(12-8-4-3-5-9-12)14-11-7-6-10-13(14)15;2*1-11-4-6-12(7-5-11)13(14)10-15-8-2-3-9-15;1-15(11-7-3-2-4-8-11)13-10-6-5-9-12(13)14;14-12(9-17-7-1-2-8-17)10-3-5-11(6-4-10)13(15)16;1-14(10-6-3-2-4-7-10)12-9-5-8-11(12)13/h15-16,18H,1-14H2;7-10H,2-6,11-13H2,1H3;12,14H,2-11H2,1H3;2*4-7H,2-3,8-10H2,1H3;2-4,7-8,13H,5-6,9-10H2,1H3;3-6H,1-2,7-9H2;10,12H,2-9H2,1H3/q8*+1. The Morgan fingerprint density at radius 3 is 1.01 bits per heavy atom. The van der Waals surface area contributed by atoms with E-state index >= 15 is 0 Å². The second-order valence-electron chi connectivity index (χ2n) is 38.7. The van der Waals surface area contributed by atoms with Crippen LogP contribution in [0.4, 0.5) is 5.69 Å². The molecule has 0 aromatic heterocycles. The summed E-state index contributed by atoms with van der Waals surface area (Å²) in [6.45, 7) is 8.61. The lowest BCUT2D eigenvalue weighted by Gasteiger charge is -2.35. The number of rotatable bonds is 26. The summed E-state index contributed by atoms with van der Waals surface area (Å²) in [6, 6.07) is 40.5. The number of carbonyl (C=O) groups excluding carboxylic acids is 8. The highest BCUT2D eigenvalue weighted by Gasteiger charge is 2.50. The van der Waals surface area contributed by atoms with Gasteiger partial charge in [0.15, 0.2) is 72.0 Å². The first-order chi connectivity index (χ1) is 63.2. The SMILES string of the molecule is CCCCc1ccc(C(=O)C[S+]2CCCC2)cc1.CC[S+](C1CCCCC1)C1CCCCC1=O.C[S+](C1CCCCC1)C1CCCC1=O.C[S+](c1ccccc1)C1CCCCC1=O.Cc1ccc(C(=O)C[S+]2CCCC2)cc1.Cc1ccc(C(=O)C[S+]2CCCC2)cc1.O=C(C[S+]1CCCC1)c1ccc([N+](=O)[O-])cc1.O=C1CCCCC1[S+](C1CCCCC1)C1CCCCC1. The predicted molar refractivity (Wildman–Crippen MR) is 571 cm³/mol. The van der Waals surface area contributed by atoms with Crippen LogP contribution in [-0.2, 0) is 113 Å². The summed E-state index contributed by atoms with van der Waals surface area (Å²) < 4.78 is 0. The van der Waals surface area contributed by atoms with Crippen LogP contribution in [0.5, 0.6) is 0 Å². The van der Waals surface area contributed by atoms with Gasteiger partial charge in [0, 0.05) is 118 Å². The van der Waals surface area contributed by atoms with Crippen LogP contribution in [-0.4, -0.2) is 180 Å². The van der Waals surface area contributed by atoms with Crippen LogP contribution < -0.4 is 0 Å². The molecule has 0 amide bonds. The topological polar surface area (TPSA) is 180 Å². The molecule has 12 fully saturated rings. The van der Waals surface area contributed by atoms with E-state index in [4.69, 9.17) is 0 Å². The summed E-state index contributed by atoms with van der Waals surface area (Å²) in [6.07, 6.45) is 63.6. The Morgan fingerprint density at radius 2 is 0.662 bits per heavy atom. The average Bonchev–Trinajstić information content (AvgIpc) is 1.10. The number of ketones is 8. The number of nitro groups is 1. The average molecular weight is 1930 g/mol. The van der Waals surface area contributed by atoms with E-state index in [1.54, 1.807) is 12.1 Å². The van der Waals surface area contributed by atoms with E-state index in [1.165, 1.54) is 323 Å². The Kier molecular flexibility index (Phi) is 50.0. The predicted octanol–water partition coefficient (Wildman–Crippen LogP) is 24.7. The van der Waals surface area contributed by atoms with Crippen molar-refractivity contribution >= 4 is 139 Å². The van der Waals surface area contributed by atoms with Crippen LogP contribution >= 0.6 is 0 Å². The van der Waals surface area contributed by atoms with Gasteiger partial charge in [-0.1, -0.05) is 141 Å². The minimum Gasteiger partial charge on any atom is -0.294 e. The van der Waals surface area contributed by atoms with E-state index in [1.807, 2.05) is 80.6 Å². The Balaban J connectivity index is 0.000000155. The molecule has 0 spiro atoms. The molecule has 4 heterocycles. The van der Waals surface area contributed by atoms with E-state index in [0.29, 0.717) is 138 Å². The first-order valence-corrected chi connectivity index (χ1v) is 64.5. The van der Waals surface area contributed by atoms with Crippen LogP contribution in [0.3, 0.4) is 0 Å². The molecule has 12 aliphatic rings. The number of non-ortho nitro benzene ring substituents is 1. The molecule has 17 rings (SSSR count). The molecule has 130 heavy (non-hydrogen) atoms. The van der Waals surface area contributed by atoms with E-state index in [0.717, 1.165) is 113 Å². The number of nitro benzene ring substituents is 1.